The maximum atomic E-state index is 13.6. The van der Waals surface area contributed by atoms with Crippen molar-refractivity contribution < 1.29 is 8.78 Å². The Labute approximate surface area is 123 Å². The van der Waals surface area contributed by atoms with Crippen molar-refractivity contribution in [2.24, 2.45) is 0 Å². The summed E-state index contributed by atoms with van der Waals surface area (Å²) in [5.41, 5.74) is 1.99. The molecule has 0 bridgehead atoms. The molecule has 0 saturated carbocycles. The van der Waals surface area contributed by atoms with Gasteiger partial charge >= 0.3 is 0 Å². The molecule has 0 aliphatic carbocycles. The monoisotopic (exact) mass is 345 g/mol. The minimum Gasteiger partial charge on any atom is -0.381 e. The second-order valence-corrected chi connectivity index (χ2v) is 5.46. The summed E-state index contributed by atoms with van der Waals surface area (Å²) in [4.78, 5) is 0. The maximum absolute atomic E-state index is 13.6. The lowest BCUT2D eigenvalue weighted by molar-refractivity contribution is 0.612. The normalized spacial score (nSPS) is 10.6. The van der Waals surface area contributed by atoms with Crippen LogP contribution in [0.4, 0.5) is 14.5 Å². The third-order valence-electron chi connectivity index (χ3n) is 2.75. The maximum Gasteiger partial charge on any atom is 0.139 e. The number of hydrogen-bond acceptors (Lipinski definition) is 1. The van der Waals surface area contributed by atoms with Gasteiger partial charge in [-0.25, -0.2) is 8.78 Å². The summed E-state index contributed by atoms with van der Waals surface area (Å²) < 4.78 is 27.4. The number of benzene rings is 2. The molecule has 0 unspecified atom stereocenters. The zero-order chi connectivity index (χ0) is 14.0. The number of halogens is 4. The van der Waals surface area contributed by atoms with Crippen molar-refractivity contribution in [2.45, 2.75) is 13.5 Å². The zero-order valence-corrected chi connectivity index (χ0v) is 12.4. The minimum atomic E-state index is -0.379. The van der Waals surface area contributed by atoms with E-state index in [9.17, 15) is 8.78 Å². The van der Waals surface area contributed by atoms with Crippen molar-refractivity contribution in [3.05, 3.63) is 62.6 Å². The summed E-state index contributed by atoms with van der Waals surface area (Å²) in [5, 5.41) is 3.37. The fourth-order valence-corrected chi connectivity index (χ4v) is 2.31. The van der Waals surface area contributed by atoms with E-state index in [1.54, 1.807) is 18.2 Å². The van der Waals surface area contributed by atoms with E-state index >= 15 is 0 Å². The third-order valence-corrected chi connectivity index (χ3v) is 3.59. The van der Waals surface area contributed by atoms with Crippen LogP contribution >= 0.6 is 27.5 Å². The molecule has 100 valence electrons. The van der Waals surface area contributed by atoms with Crippen LogP contribution in [0.3, 0.4) is 0 Å². The van der Waals surface area contributed by atoms with Crippen LogP contribution in [-0.2, 0) is 6.54 Å². The molecule has 0 aromatic heterocycles. The van der Waals surface area contributed by atoms with E-state index in [4.69, 9.17) is 11.6 Å². The van der Waals surface area contributed by atoms with E-state index < -0.39 is 0 Å². The van der Waals surface area contributed by atoms with Gasteiger partial charge in [0.25, 0.3) is 0 Å². The molecule has 2 rings (SSSR count). The molecular weight excluding hydrogens is 336 g/mol. The molecule has 19 heavy (non-hydrogen) atoms. The van der Waals surface area contributed by atoms with E-state index in [1.165, 1.54) is 12.1 Å². The Morgan fingerprint density at radius 1 is 1.16 bits per heavy atom. The first-order valence-electron chi connectivity index (χ1n) is 5.61. The number of rotatable bonds is 3. The quantitative estimate of drug-likeness (QED) is 0.795. The fraction of sp³-hybridized carbons (Fsp3) is 0.143. The van der Waals surface area contributed by atoms with Gasteiger partial charge in [0.15, 0.2) is 0 Å². The number of aryl methyl sites for hydroxylation is 1. The highest BCUT2D eigenvalue weighted by molar-refractivity contribution is 9.10. The Morgan fingerprint density at radius 2 is 1.89 bits per heavy atom. The first-order chi connectivity index (χ1) is 8.97. The van der Waals surface area contributed by atoms with Crippen LogP contribution in [-0.4, -0.2) is 0 Å². The molecule has 5 heteroatoms. The van der Waals surface area contributed by atoms with Crippen molar-refractivity contribution in [2.75, 3.05) is 5.32 Å². The van der Waals surface area contributed by atoms with Gasteiger partial charge in [-0.1, -0.05) is 17.7 Å². The van der Waals surface area contributed by atoms with Crippen molar-refractivity contribution in [3.63, 3.8) is 0 Å². The Balaban J connectivity index is 2.16. The molecule has 0 spiro atoms. The highest BCUT2D eigenvalue weighted by Crippen LogP contribution is 2.25. The Hall–Kier alpha value is -1.13. The van der Waals surface area contributed by atoms with Crippen LogP contribution in [0.25, 0.3) is 0 Å². The highest BCUT2D eigenvalue weighted by Gasteiger charge is 2.07. The van der Waals surface area contributed by atoms with Gasteiger partial charge in [-0.05, 0) is 52.7 Å². The molecule has 0 heterocycles. The molecule has 2 aromatic carbocycles. The molecule has 0 saturated heterocycles. The van der Waals surface area contributed by atoms with Gasteiger partial charge in [-0.3, -0.25) is 0 Å². The van der Waals surface area contributed by atoms with E-state index in [2.05, 4.69) is 21.2 Å². The molecule has 1 N–H and O–H groups in total. The Kier molecular flexibility index (Phi) is 4.42. The Bertz CT molecular complexity index is 617. The minimum absolute atomic E-state index is 0.269. The molecule has 0 aliphatic rings. The summed E-state index contributed by atoms with van der Waals surface area (Å²) in [6, 6.07) is 7.54. The average molecular weight is 347 g/mol. The average Bonchev–Trinajstić information content (AvgIpc) is 2.34. The standard InChI is InChI=1S/C14H11BrClF2N/c1-8-4-11(15)13(18)6-14(8)19-7-9-2-3-10(16)5-12(9)17/h2-6,19H,7H2,1H3. The zero-order valence-electron chi connectivity index (χ0n) is 10.1. The summed E-state index contributed by atoms with van der Waals surface area (Å²) in [7, 11) is 0. The van der Waals surface area contributed by atoms with E-state index in [0.717, 1.165) is 5.56 Å². The lowest BCUT2D eigenvalue weighted by Crippen LogP contribution is -2.03. The van der Waals surface area contributed by atoms with E-state index in [1.807, 2.05) is 6.92 Å². The largest absolute Gasteiger partial charge is 0.381 e. The predicted octanol–water partition coefficient (Wildman–Crippen LogP) is 5.30. The number of nitrogens with one attached hydrogen (secondary N) is 1. The van der Waals surface area contributed by atoms with Crippen LogP contribution in [0.1, 0.15) is 11.1 Å². The van der Waals surface area contributed by atoms with E-state index in [-0.39, 0.29) is 18.2 Å². The first kappa shape index (κ1) is 14.3. The van der Waals surface area contributed by atoms with Crippen LogP contribution in [0.15, 0.2) is 34.8 Å². The van der Waals surface area contributed by atoms with Gasteiger partial charge < -0.3 is 5.32 Å². The van der Waals surface area contributed by atoms with Crippen molar-refractivity contribution >= 4 is 33.2 Å². The second kappa shape index (κ2) is 5.88. The van der Waals surface area contributed by atoms with Crippen molar-refractivity contribution in [1.82, 2.24) is 0 Å². The lowest BCUT2D eigenvalue weighted by Gasteiger charge is -2.11. The summed E-state index contributed by atoms with van der Waals surface area (Å²) in [6.07, 6.45) is 0. The van der Waals surface area contributed by atoms with Crippen molar-refractivity contribution in [1.29, 1.82) is 0 Å². The topological polar surface area (TPSA) is 12.0 Å². The lowest BCUT2D eigenvalue weighted by atomic mass is 10.1. The fourth-order valence-electron chi connectivity index (χ4n) is 1.69. The third kappa shape index (κ3) is 3.45. The number of hydrogen-bond donors (Lipinski definition) is 1. The van der Waals surface area contributed by atoms with Crippen LogP contribution in [0.5, 0.6) is 0 Å². The molecule has 1 nitrogen and oxygen atoms in total. The molecule has 0 aliphatic heterocycles. The second-order valence-electron chi connectivity index (χ2n) is 4.17. The smallest absolute Gasteiger partial charge is 0.139 e. The van der Waals surface area contributed by atoms with Crippen LogP contribution < -0.4 is 5.32 Å². The first-order valence-corrected chi connectivity index (χ1v) is 6.78. The van der Waals surface area contributed by atoms with Crippen LogP contribution in [0, 0.1) is 18.6 Å². The summed E-state index contributed by atoms with van der Waals surface area (Å²) in [6.45, 7) is 2.12. The van der Waals surface area contributed by atoms with Gasteiger partial charge in [0, 0.05) is 22.8 Å². The molecule has 0 atom stereocenters. The summed E-state index contributed by atoms with van der Waals surface area (Å²) >= 11 is 8.80. The van der Waals surface area contributed by atoms with Gasteiger partial charge in [0.2, 0.25) is 0 Å². The Morgan fingerprint density at radius 3 is 2.58 bits per heavy atom. The van der Waals surface area contributed by atoms with E-state index in [0.29, 0.717) is 20.7 Å². The molecular formula is C14H11BrClF2N. The van der Waals surface area contributed by atoms with Gasteiger partial charge in [-0.15, -0.1) is 0 Å². The van der Waals surface area contributed by atoms with Gasteiger partial charge in [0.1, 0.15) is 11.6 Å². The van der Waals surface area contributed by atoms with Crippen LogP contribution in [0.2, 0.25) is 5.02 Å². The molecule has 0 fully saturated rings. The predicted molar refractivity (Wildman–Crippen MR) is 77.6 cm³/mol. The van der Waals surface area contributed by atoms with Crippen molar-refractivity contribution in [3.8, 4) is 0 Å². The molecule has 2 aromatic rings. The molecule has 0 radical (unpaired) electrons. The SMILES string of the molecule is Cc1cc(Br)c(F)cc1NCc1ccc(Cl)cc1F. The van der Waals surface area contributed by atoms with Gasteiger partial charge in [0.05, 0.1) is 4.47 Å². The number of anilines is 1. The molecule has 0 amide bonds. The summed E-state index contributed by atoms with van der Waals surface area (Å²) in [5.74, 6) is -0.736. The highest BCUT2D eigenvalue weighted by atomic mass is 79.9. The van der Waals surface area contributed by atoms with Gasteiger partial charge in [-0.2, -0.15) is 0 Å².